The van der Waals surface area contributed by atoms with Gasteiger partial charge in [-0.15, -0.1) is 0 Å². The number of anilines is 3. The molecule has 6 rings (SSSR count). The molecule has 1 amide bonds. The second-order valence-electron chi connectivity index (χ2n) is 9.75. The van der Waals surface area contributed by atoms with E-state index in [4.69, 9.17) is 14.5 Å². The van der Waals surface area contributed by atoms with E-state index in [-0.39, 0.29) is 17.6 Å². The zero-order valence-electron chi connectivity index (χ0n) is 23.1. The van der Waals surface area contributed by atoms with Gasteiger partial charge in [0.1, 0.15) is 35.5 Å². The zero-order valence-corrected chi connectivity index (χ0v) is 23.1. The van der Waals surface area contributed by atoms with Gasteiger partial charge in [0.2, 0.25) is 5.91 Å². The zero-order chi connectivity index (χ0) is 29.2. The largest absolute Gasteiger partial charge is 0.457 e. The van der Waals surface area contributed by atoms with Gasteiger partial charge in [0, 0.05) is 44.6 Å². The van der Waals surface area contributed by atoms with Gasteiger partial charge in [-0.05, 0) is 43.3 Å². The lowest BCUT2D eigenvalue weighted by Gasteiger charge is -2.41. The normalized spacial score (nSPS) is 15.3. The molecule has 214 valence electrons. The van der Waals surface area contributed by atoms with Crippen LogP contribution in [-0.4, -0.2) is 79.7 Å². The third-order valence-corrected chi connectivity index (χ3v) is 7.16. The first kappa shape index (κ1) is 27.0. The molecule has 0 bridgehead atoms. The maximum Gasteiger partial charge on any atom is 0.246 e. The average Bonchev–Trinajstić information content (AvgIpc) is 3.48. The van der Waals surface area contributed by atoms with Gasteiger partial charge in [-0.1, -0.05) is 6.58 Å². The lowest BCUT2D eigenvalue weighted by molar-refractivity contribution is -0.129. The summed E-state index contributed by atoms with van der Waals surface area (Å²) >= 11 is 0. The van der Waals surface area contributed by atoms with Crippen LogP contribution in [0.15, 0.2) is 67.9 Å². The number of hydrogen-bond acceptors (Lipinski definition) is 10. The van der Waals surface area contributed by atoms with E-state index in [1.807, 2.05) is 12.1 Å². The first-order valence-electron chi connectivity index (χ1n) is 13.3. The van der Waals surface area contributed by atoms with Gasteiger partial charge in [0.05, 0.1) is 23.9 Å². The van der Waals surface area contributed by atoms with Crippen molar-refractivity contribution in [2.45, 2.75) is 13.0 Å². The van der Waals surface area contributed by atoms with E-state index in [1.165, 1.54) is 18.7 Å². The summed E-state index contributed by atoms with van der Waals surface area (Å²) < 4.78 is 28.5. The minimum Gasteiger partial charge on any atom is -0.457 e. The molecule has 1 aliphatic heterocycles. The number of halogens is 1. The van der Waals surface area contributed by atoms with E-state index in [1.54, 1.807) is 53.9 Å². The summed E-state index contributed by atoms with van der Waals surface area (Å²) in [6, 6.07) is 10.3. The van der Waals surface area contributed by atoms with E-state index in [9.17, 15) is 4.79 Å². The topological polar surface area (TPSA) is 123 Å². The van der Waals surface area contributed by atoms with Crippen molar-refractivity contribution >= 4 is 39.9 Å². The quantitative estimate of drug-likeness (QED) is 0.275. The van der Waals surface area contributed by atoms with Crippen LogP contribution in [0.3, 0.4) is 0 Å². The summed E-state index contributed by atoms with van der Waals surface area (Å²) in [5, 5.41) is 7.16. The molecule has 42 heavy (non-hydrogen) atoms. The van der Waals surface area contributed by atoms with Crippen molar-refractivity contribution in [3.63, 3.8) is 0 Å². The van der Waals surface area contributed by atoms with Crippen LogP contribution in [0.2, 0.25) is 0 Å². The average molecular weight is 570 g/mol. The molecular formula is C29H28FN9O3. The monoisotopic (exact) mass is 569 g/mol. The summed E-state index contributed by atoms with van der Waals surface area (Å²) in [5.74, 6) is 1.32. The Morgan fingerprint density at radius 2 is 2.05 bits per heavy atom. The molecule has 5 aromatic rings. The number of hydrogen-bond donors (Lipinski definition) is 1. The molecule has 4 aromatic heterocycles. The van der Waals surface area contributed by atoms with Crippen molar-refractivity contribution in [3.8, 4) is 11.5 Å². The number of nitrogens with zero attached hydrogens (tertiary/aromatic N) is 8. The Morgan fingerprint density at radius 1 is 1.17 bits per heavy atom. The van der Waals surface area contributed by atoms with Crippen molar-refractivity contribution in [2.75, 3.05) is 43.6 Å². The van der Waals surface area contributed by atoms with E-state index in [2.05, 4.69) is 36.8 Å². The Kier molecular flexibility index (Phi) is 7.32. The van der Waals surface area contributed by atoms with Crippen LogP contribution < -0.4 is 15.0 Å². The number of ether oxygens (including phenoxy) is 2. The summed E-state index contributed by atoms with van der Waals surface area (Å²) in [7, 11) is 1.61. The van der Waals surface area contributed by atoms with E-state index >= 15 is 4.39 Å². The summed E-state index contributed by atoms with van der Waals surface area (Å²) in [4.78, 5) is 33.9. The molecule has 12 nitrogen and oxygen atoms in total. The fraction of sp³-hybridized carbons (Fsp3) is 0.241. The van der Waals surface area contributed by atoms with Crippen LogP contribution in [0.25, 0.3) is 16.7 Å². The summed E-state index contributed by atoms with van der Waals surface area (Å²) in [6.45, 7) is 7.25. The number of methoxy groups -OCH3 is 1. The molecule has 1 fully saturated rings. The molecule has 0 unspecified atom stereocenters. The predicted molar refractivity (Wildman–Crippen MR) is 155 cm³/mol. The van der Waals surface area contributed by atoms with Crippen LogP contribution in [0.4, 0.5) is 21.7 Å². The number of aromatic nitrogens is 6. The molecule has 1 atom stereocenters. The molecule has 1 aromatic carbocycles. The van der Waals surface area contributed by atoms with Gasteiger partial charge in [0.25, 0.3) is 0 Å². The second-order valence-corrected chi connectivity index (χ2v) is 9.75. The van der Waals surface area contributed by atoms with Crippen molar-refractivity contribution in [2.24, 2.45) is 0 Å². The minimum atomic E-state index is -0.482. The number of pyridine rings is 2. The lowest BCUT2D eigenvalue weighted by Crippen LogP contribution is -2.56. The molecule has 1 N–H and O–H groups in total. The molecule has 1 aliphatic rings. The predicted octanol–water partition coefficient (Wildman–Crippen LogP) is 3.90. The summed E-state index contributed by atoms with van der Waals surface area (Å²) in [6.07, 6.45) is 5.89. The van der Waals surface area contributed by atoms with Crippen LogP contribution in [0.5, 0.6) is 11.5 Å². The van der Waals surface area contributed by atoms with E-state index in [0.29, 0.717) is 71.6 Å². The van der Waals surface area contributed by atoms with Gasteiger partial charge in [-0.3, -0.25) is 4.79 Å². The second kappa shape index (κ2) is 11.4. The first-order chi connectivity index (χ1) is 20.4. The molecule has 13 heteroatoms. The molecule has 0 spiro atoms. The maximum atomic E-state index is 15.6. The van der Waals surface area contributed by atoms with Crippen LogP contribution in [-0.2, 0) is 9.53 Å². The van der Waals surface area contributed by atoms with Crippen LogP contribution in [0.1, 0.15) is 5.56 Å². The lowest BCUT2D eigenvalue weighted by atomic mass is 10.1. The van der Waals surface area contributed by atoms with Gasteiger partial charge >= 0.3 is 0 Å². The van der Waals surface area contributed by atoms with Crippen LogP contribution in [0, 0.1) is 12.7 Å². The van der Waals surface area contributed by atoms with Crippen molar-refractivity contribution in [1.82, 2.24) is 34.4 Å². The number of benzene rings is 1. The smallest absolute Gasteiger partial charge is 0.246 e. The van der Waals surface area contributed by atoms with Gasteiger partial charge < -0.3 is 24.6 Å². The third kappa shape index (κ3) is 5.17. The number of piperazine rings is 1. The highest BCUT2D eigenvalue weighted by molar-refractivity contribution is 5.89. The SMILES string of the molecule is C=CC(=O)N1CCN(c2ccc3ncnc(Nc4ccc(Oc5ccn6ncnc6c5)c(C)c4F)c3n2)C[C@H]1COC. The number of nitrogens with one attached hydrogen (secondary N) is 1. The number of carbonyl (C=O) groups excluding carboxylic acids is 1. The molecular weight excluding hydrogens is 541 g/mol. The van der Waals surface area contributed by atoms with E-state index < -0.39 is 5.82 Å². The molecule has 0 saturated carbocycles. The van der Waals surface area contributed by atoms with Crippen LogP contribution >= 0.6 is 0 Å². The number of carbonyl (C=O) groups is 1. The highest BCUT2D eigenvalue weighted by Crippen LogP contribution is 2.33. The number of amides is 1. The van der Waals surface area contributed by atoms with Gasteiger partial charge in [0.15, 0.2) is 17.3 Å². The molecule has 0 aliphatic carbocycles. The van der Waals surface area contributed by atoms with Gasteiger partial charge in [-0.25, -0.2) is 28.8 Å². The Bertz CT molecular complexity index is 1790. The standard InChI is InChI=1S/C29H28FN9O3/c1-4-26(40)38-12-11-37(14-19(38)15-41-3)24-8-6-22-28(36-24)29(33-16-31-22)35-21-5-7-23(18(2)27(21)30)42-20-9-10-39-25(13-20)32-17-34-39/h4-10,13,16-17,19H,1,11-12,14-15H2,2-3H3,(H,31,33,35)/t19-/m0/s1. The highest BCUT2D eigenvalue weighted by Gasteiger charge is 2.30. The molecule has 0 radical (unpaired) electrons. The van der Waals surface area contributed by atoms with Gasteiger partial charge in [-0.2, -0.15) is 5.10 Å². The number of fused-ring (bicyclic) bond motifs is 2. The molecule has 1 saturated heterocycles. The minimum absolute atomic E-state index is 0.131. The van der Waals surface area contributed by atoms with E-state index in [0.717, 1.165) is 0 Å². The van der Waals surface area contributed by atoms with Crippen molar-refractivity contribution < 1.29 is 18.7 Å². The van der Waals surface area contributed by atoms with Crippen molar-refractivity contribution in [3.05, 3.63) is 79.3 Å². The fourth-order valence-electron chi connectivity index (χ4n) is 4.99. The Labute approximate surface area is 240 Å². The third-order valence-electron chi connectivity index (χ3n) is 7.16. The molecule has 5 heterocycles. The highest BCUT2D eigenvalue weighted by atomic mass is 19.1. The first-order valence-corrected chi connectivity index (χ1v) is 13.3. The number of rotatable bonds is 8. The Morgan fingerprint density at radius 3 is 2.88 bits per heavy atom. The Hall–Kier alpha value is -5.17. The maximum absolute atomic E-state index is 15.6. The Balaban J connectivity index is 1.25. The van der Waals surface area contributed by atoms with Crippen molar-refractivity contribution in [1.29, 1.82) is 0 Å². The summed E-state index contributed by atoms with van der Waals surface area (Å²) in [5.41, 5.74) is 2.25. The fourth-order valence-corrected chi connectivity index (χ4v) is 4.99.